The average Bonchev–Trinajstić information content (AvgIpc) is 2.86. The molecule has 5 heteroatoms. The van der Waals surface area contributed by atoms with Crippen molar-refractivity contribution in [3.63, 3.8) is 0 Å². The molecule has 17 heavy (non-hydrogen) atoms. The van der Waals surface area contributed by atoms with Gasteiger partial charge in [0.05, 0.1) is 10.8 Å². The number of rotatable bonds is 3. The molecule has 1 aromatic rings. The van der Waals surface area contributed by atoms with Gasteiger partial charge < -0.3 is 10.4 Å². The number of carboxylic acid groups (broad SMARTS) is 1. The van der Waals surface area contributed by atoms with Crippen molar-refractivity contribution in [1.82, 2.24) is 5.32 Å². The fourth-order valence-corrected chi connectivity index (χ4v) is 3.10. The summed E-state index contributed by atoms with van der Waals surface area (Å²) in [5, 5.41) is 13.7. The van der Waals surface area contributed by atoms with Crippen LogP contribution in [0.25, 0.3) is 0 Å². The number of hydrogen-bond acceptors (Lipinski definition) is 3. The summed E-state index contributed by atoms with van der Waals surface area (Å²) in [5.41, 5.74) is 0.942. The van der Waals surface area contributed by atoms with Gasteiger partial charge in [-0.1, -0.05) is 6.42 Å². The first-order valence-corrected chi connectivity index (χ1v) is 6.55. The van der Waals surface area contributed by atoms with Gasteiger partial charge in [-0.25, -0.2) is 0 Å². The van der Waals surface area contributed by atoms with Crippen LogP contribution in [0.2, 0.25) is 0 Å². The fourth-order valence-electron chi connectivity index (χ4n) is 2.27. The van der Waals surface area contributed by atoms with Crippen LogP contribution in [0, 0.1) is 12.8 Å². The van der Waals surface area contributed by atoms with E-state index in [2.05, 4.69) is 5.32 Å². The van der Waals surface area contributed by atoms with Crippen molar-refractivity contribution in [2.45, 2.75) is 32.2 Å². The molecule has 2 rings (SSSR count). The van der Waals surface area contributed by atoms with E-state index in [0.717, 1.165) is 18.4 Å². The van der Waals surface area contributed by atoms with Crippen LogP contribution in [-0.2, 0) is 4.79 Å². The van der Waals surface area contributed by atoms with Crippen LogP contribution < -0.4 is 5.32 Å². The number of aliphatic carboxylic acids is 1. The van der Waals surface area contributed by atoms with Gasteiger partial charge in [-0.15, -0.1) is 11.3 Å². The van der Waals surface area contributed by atoms with Crippen LogP contribution in [0.4, 0.5) is 0 Å². The van der Waals surface area contributed by atoms with Crippen LogP contribution in [0.15, 0.2) is 11.4 Å². The normalized spacial score (nSPS) is 23.6. The third-order valence-corrected chi connectivity index (χ3v) is 4.23. The number of thiophene rings is 1. The molecular formula is C12H15NO3S. The largest absolute Gasteiger partial charge is 0.481 e. The second kappa shape index (κ2) is 4.87. The van der Waals surface area contributed by atoms with E-state index in [1.807, 2.05) is 18.4 Å². The van der Waals surface area contributed by atoms with Gasteiger partial charge in [0.15, 0.2) is 0 Å². The summed E-state index contributed by atoms with van der Waals surface area (Å²) in [6.07, 6.45) is 2.28. The Bertz CT molecular complexity index is 441. The molecule has 4 nitrogen and oxygen atoms in total. The Morgan fingerprint density at radius 3 is 2.82 bits per heavy atom. The summed E-state index contributed by atoms with van der Waals surface area (Å²) in [4.78, 5) is 23.6. The zero-order chi connectivity index (χ0) is 12.4. The highest BCUT2D eigenvalue weighted by Gasteiger charge is 2.34. The van der Waals surface area contributed by atoms with Crippen LogP contribution in [0.3, 0.4) is 0 Å². The molecule has 0 spiro atoms. The Balaban J connectivity index is 2.04. The molecule has 0 bridgehead atoms. The number of nitrogens with one attached hydrogen (secondary N) is 1. The van der Waals surface area contributed by atoms with E-state index < -0.39 is 11.9 Å². The third-order valence-electron chi connectivity index (χ3n) is 3.22. The van der Waals surface area contributed by atoms with Gasteiger partial charge in [0.1, 0.15) is 0 Å². The minimum absolute atomic E-state index is 0.143. The van der Waals surface area contributed by atoms with Gasteiger partial charge in [-0.2, -0.15) is 0 Å². The topological polar surface area (TPSA) is 66.4 Å². The van der Waals surface area contributed by atoms with Crippen molar-refractivity contribution < 1.29 is 14.7 Å². The zero-order valence-electron chi connectivity index (χ0n) is 9.60. The van der Waals surface area contributed by atoms with Crippen molar-refractivity contribution >= 4 is 23.2 Å². The smallest absolute Gasteiger partial charge is 0.308 e. The molecule has 2 unspecified atom stereocenters. The molecule has 1 fully saturated rings. The van der Waals surface area contributed by atoms with Gasteiger partial charge in [-0.05, 0) is 36.8 Å². The summed E-state index contributed by atoms with van der Waals surface area (Å²) >= 11 is 1.39. The van der Waals surface area contributed by atoms with Crippen molar-refractivity contribution in [1.29, 1.82) is 0 Å². The van der Waals surface area contributed by atoms with E-state index in [9.17, 15) is 9.59 Å². The number of carbonyl (C=O) groups excluding carboxylic acids is 1. The summed E-state index contributed by atoms with van der Waals surface area (Å²) in [7, 11) is 0. The number of aryl methyl sites for hydroxylation is 1. The van der Waals surface area contributed by atoms with Gasteiger partial charge in [0, 0.05) is 6.04 Å². The second-order valence-corrected chi connectivity index (χ2v) is 5.30. The second-order valence-electron chi connectivity index (χ2n) is 4.39. The monoisotopic (exact) mass is 253 g/mol. The maximum Gasteiger partial charge on any atom is 0.308 e. The van der Waals surface area contributed by atoms with Crippen LogP contribution >= 0.6 is 11.3 Å². The summed E-state index contributed by atoms with van der Waals surface area (Å²) < 4.78 is 0. The Labute approximate surface area is 104 Å². The van der Waals surface area contributed by atoms with Crippen LogP contribution in [-0.4, -0.2) is 23.0 Å². The van der Waals surface area contributed by atoms with E-state index in [4.69, 9.17) is 5.11 Å². The molecular weight excluding hydrogens is 238 g/mol. The van der Waals surface area contributed by atoms with Crippen LogP contribution in [0.5, 0.6) is 0 Å². The maximum absolute atomic E-state index is 12.0. The number of hydrogen-bond donors (Lipinski definition) is 2. The van der Waals surface area contributed by atoms with Crippen molar-refractivity contribution in [2.75, 3.05) is 0 Å². The zero-order valence-corrected chi connectivity index (χ0v) is 10.4. The predicted molar refractivity (Wildman–Crippen MR) is 65.3 cm³/mol. The Hall–Kier alpha value is -1.36. The minimum atomic E-state index is -0.810. The van der Waals surface area contributed by atoms with E-state index in [1.165, 1.54) is 11.3 Å². The van der Waals surface area contributed by atoms with Crippen LogP contribution in [0.1, 0.15) is 34.5 Å². The van der Waals surface area contributed by atoms with Gasteiger partial charge in [-0.3, -0.25) is 9.59 Å². The first-order valence-electron chi connectivity index (χ1n) is 5.67. The molecule has 1 saturated carbocycles. The Kier molecular flexibility index (Phi) is 3.47. The molecule has 1 heterocycles. The van der Waals surface area contributed by atoms with E-state index in [1.54, 1.807) is 0 Å². The summed E-state index contributed by atoms with van der Waals surface area (Å²) in [6.45, 7) is 1.88. The molecule has 1 amide bonds. The van der Waals surface area contributed by atoms with Crippen molar-refractivity contribution in [3.05, 3.63) is 21.9 Å². The lowest BCUT2D eigenvalue weighted by molar-refractivity contribution is -0.142. The summed E-state index contributed by atoms with van der Waals surface area (Å²) in [6, 6.07) is 1.67. The number of amides is 1. The lowest BCUT2D eigenvalue weighted by atomic mass is 10.0. The van der Waals surface area contributed by atoms with Gasteiger partial charge >= 0.3 is 5.97 Å². The van der Waals surface area contributed by atoms with E-state index >= 15 is 0 Å². The third kappa shape index (κ3) is 2.49. The molecule has 92 valence electrons. The lowest BCUT2D eigenvalue weighted by Crippen LogP contribution is -2.40. The number of carbonyl (C=O) groups is 2. The molecule has 2 N–H and O–H groups in total. The molecule has 0 aromatic carbocycles. The molecule has 1 aromatic heterocycles. The molecule has 0 radical (unpaired) electrons. The molecule has 1 aliphatic rings. The maximum atomic E-state index is 12.0. The molecule has 1 aliphatic carbocycles. The molecule has 2 atom stereocenters. The Morgan fingerprint density at radius 2 is 2.24 bits per heavy atom. The van der Waals surface area contributed by atoms with E-state index in [-0.39, 0.29) is 11.9 Å². The first-order chi connectivity index (χ1) is 8.09. The molecule has 0 aliphatic heterocycles. The molecule has 0 saturated heterocycles. The van der Waals surface area contributed by atoms with Gasteiger partial charge in [0.2, 0.25) is 0 Å². The predicted octanol–water partition coefficient (Wildman–Crippen LogP) is 2.04. The van der Waals surface area contributed by atoms with E-state index in [0.29, 0.717) is 11.3 Å². The highest BCUT2D eigenvalue weighted by atomic mass is 32.1. The highest BCUT2D eigenvalue weighted by molar-refractivity contribution is 7.12. The quantitative estimate of drug-likeness (QED) is 0.866. The summed E-state index contributed by atoms with van der Waals surface area (Å²) in [5.74, 6) is -1.38. The average molecular weight is 253 g/mol. The lowest BCUT2D eigenvalue weighted by Gasteiger charge is -2.17. The SMILES string of the molecule is Cc1ccsc1C(=O)NC1CCCC1C(=O)O. The first kappa shape index (κ1) is 12.1. The minimum Gasteiger partial charge on any atom is -0.481 e. The Morgan fingerprint density at radius 1 is 1.47 bits per heavy atom. The van der Waals surface area contributed by atoms with Gasteiger partial charge in [0.25, 0.3) is 5.91 Å². The standard InChI is InChI=1S/C12H15NO3S/c1-7-5-6-17-10(7)11(14)13-9-4-2-3-8(9)12(15)16/h5-6,8-9H,2-4H2,1H3,(H,13,14)(H,15,16). The fraction of sp³-hybridized carbons (Fsp3) is 0.500. The van der Waals surface area contributed by atoms with Crippen molar-refractivity contribution in [2.24, 2.45) is 5.92 Å². The highest BCUT2D eigenvalue weighted by Crippen LogP contribution is 2.26. The number of carboxylic acids is 1. The van der Waals surface area contributed by atoms with Crippen molar-refractivity contribution in [3.8, 4) is 0 Å².